The number of sulfone groups is 1. The van der Waals surface area contributed by atoms with E-state index >= 15 is 0 Å². The van der Waals surface area contributed by atoms with Crippen LogP contribution in [0.5, 0.6) is 0 Å². The average Bonchev–Trinajstić information content (AvgIpc) is 2.70. The first-order chi connectivity index (χ1) is 14.5. The molecule has 0 unspecified atom stereocenters. The molecule has 31 heavy (non-hydrogen) atoms. The summed E-state index contributed by atoms with van der Waals surface area (Å²) in [5.74, 6) is -2.42. The van der Waals surface area contributed by atoms with Crippen molar-refractivity contribution in [3.63, 3.8) is 0 Å². The van der Waals surface area contributed by atoms with Gasteiger partial charge in [-0.3, -0.25) is 9.59 Å². The van der Waals surface area contributed by atoms with Crippen molar-refractivity contribution >= 4 is 61.7 Å². The lowest BCUT2D eigenvalue weighted by Gasteiger charge is -2.13. The minimum Gasteiger partial charge on any atom is -0.454 e. The van der Waals surface area contributed by atoms with Gasteiger partial charge in [0.1, 0.15) is 0 Å². The summed E-state index contributed by atoms with van der Waals surface area (Å²) in [5, 5.41) is 0.104. The SMILES string of the molecule is CC(=O)SCc1cccc(S(=O)(=O)C[C@@H](C)C(=O)COC(=O)c2c(Cl)cccc2Cl)c1. The molecule has 1 atom stereocenters. The first-order valence-corrected chi connectivity index (χ1v) is 12.5. The fourth-order valence-corrected chi connectivity index (χ4v) is 5.33. The van der Waals surface area contributed by atoms with Gasteiger partial charge < -0.3 is 4.74 Å². The van der Waals surface area contributed by atoms with E-state index in [0.717, 1.165) is 11.8 Å². The Bertz CT molecular complexity index is 1080. The number of ketones is 1. The number of ether oxygens (including phenoxy) is 1. The Balaban J connectivity index is 2.01. The van der Waals surface area contributed by atoms with E-state index in [1.165, 1.54) is 38.1 Å². The molecule has 0 heterocycles. The van der Waals surface area contributed by atoms with Gasteiger partial charge in [-0.25, -0.2) is 13.2 Å². The molecular formula is C21H20Cl2O6S2. The van der Waals surface area contributed by atoms with Crippen molar-refractivity contribution in [2.24, 2.45) is 5.92 Å². The minimum atomic E-state index is -3.77. The first kappa shape index (κ1) is 25.4. The monoisotopic (exact) mass is 502 g/mol. The van der Waals surface area contributed by atoms with Crippen LogP contribution in [-0.2, 0) is 29.9 Å². The van der Waals surface area contributed by atoms with E-state index in [1.54, 1.807) is 18.2 Å². The van der Waals surface area contributed by atoms with Gasteiger partial charge in [0.25, 0.3) is 0 Å². The van der Waals surface area contributed by atoms with Crippen LogP contribution in [0.2, 0.25) is 10.0 Å². The van der Waals surface area contributed by atoms with Crippen LogP contribution in [0, 0.1) is 5.92 Å². The molecule has 0 spiro atoms. The number of benzene rings is 2. The van der Waals surface area contributed by atoms with E-state index < -0.39 is 39.9 Å². The molecule has 0 aliphatic carbocycles. The number of hydrogen-bond donors (Lipinski definition) is 0. The van der Waals surface area contributed by atoms with Gasteiger partial charge in [-0.15, -0.1) is 0 Å². The topological polar surface area (TPSA) is 94.6 Å². The highest BCUT2D eigenvalue weighted by atomic mass is 35.5. The maximum Gasteiger partial charge on any atom is 0.341 e. The van der Waals surface area contributed by atoms with Gasteiger partial charge in [0.05, 0.1) is 26.3 Å². The summed E-state index contributed by atoms with van der Waals surface area (Å²) in [6, 6.07) is 10.7. The lowest BCUT2D eigenvalue weighted by Crippen LogP contribution is -2.26. The maximum absolute atomic E-state index is 12.7. The zero-order valence-corrected chi connectivity index (χ0v) is 19.9. The zero-order valence-electron chi connectivity index (χ0n) is 16.8. The van der Waals surface area contributed by atoms with Crippen molar-refractivity contribution < 1.29 is 27.5 Å². The minimum absolute atomic E-state index is 0.0563. The standard InChI is InChI=1S/C21H20Cl2O6S2/c1-13(19(25)10-29-21(26)20-17(22)7-4-8-18(20)23)12-31(27,28)16-6-3-5-15(9-16)11-30-14(2)24/h3-9,13H,10-12H2,1-2H3/t13-/m1/s1. The molecule has 0 aliphatic heterocycles. The van der Waals surface area contributed by atoms with Gasteiger partial charge in [0, 0.05) is 18.6 Å². The van der Waals surface area contributed by atoms with Crippen molar-refractivity contribution in [1.82, 2.24) is 0 Å². The predicted molar refractivity (Wildman–Crippen MR) is 121 cm³/mol. The van der Waals surface area contributed by atoms with Crippen LogP contribution in [0.15, 0.2) is 47.4 Å². The van der Waals surface area contributed by atoms with Crippen molar-refractivity contribution in [2.45, 2.75) is 24.5 Å². The van der Waals surface area contributed by atoms with E-state index in [0.29, 0.717) is 11.3 Å². The molecule has 2 rings (SSSR count). The second-order valence-corrected chi connectivity index (χ2v) is 10.8. The van der Waals surface area contributed by atoms with E-state index in [-0.39, 0.29) is 25.6 Å². The molecule has 0 N–H and O–H groups in total. The molecule has 0 amide bonds. The Morgan fingerprint density at radius 1 is 1.06 bits per heavy atom. The lowest BCUT2D eigenvalue weighted by molar-refractivity contribution is -0.124. The summed E-state index contributed by atoms with van der Waals surface area (Å²) in [7, 11) is -3.77. The number of Topliss-reactive ketones (excluding diaryl/α,β-unsaturated/α-hetero) is 1. The van der Waals surface area contributed by atoms with Crippen LogP contribution in [-0.4, -0.2) is 37.6 Å². The Morgan fingerprint density at radius 3 is 2.29 bits per heavy atom. The quantitative estimate of drug-likeness (QED) is 0.462. The second-order valence-electron chi connectivity index (χ2n) is 6.75. The average molecular weight is 503 g/mol. The van der Waals surface area contributed by atoms with Gasteiger partial charge in [-0.1, -0.05) is 60.1 Å². The number of carbonyl (C=O) groups is 3. The molecule has 0 fully saturated rings. The van der Waals surface area contributed by atoms with E-state index in [1.807, 2.05) is 0 Å². The van der Waals surface area contributed by atoms with Crippen molar-refractivity contribution in [3.05, 3.63) is 63.6 Å². The van der Waals surface area contributed by atoms with Crippen LogP contribution in [0.1, 0.15) is 29.8 Å². The fourth-order valence-electron chi connectivity index (χ4n) is 2.58. The first-order valence-electron chi connectivity index (χ1n) is 9.10. The molecule has 166 valence electrons. The highest BCUT2D eigenvalue weighted by Crippen LogP contribution is 2.25. The van der Waals surface area contributed by atoms with Crippen LogP contribution in [0.25, 0.3) is 0 Å². The summed E-state index contributed by atoms with van der Waals surface area (Å²) in [6.45, 7) is 2.28. The van der Waals surface area contributed by atoms with Crippen molar-refractivity contribution in [2.75, 3.05) is 12.4 Å². The number of hydrogen-bond acceptors (Lipinski definition) is 7. The van der Waals surface area contributed by atoms with Crippen LogP contribution in [0.4, 0.5) is 0 Å². The third-order valence-electron chi connectivity index (χ3n) is 4.23. The predicted octanol–water partition coefficient (Wildman–Crippen LogP) is 4.61. The van der Waals surface area contributed by atoms with Gasteiger partial charge >= 0.3 is 5.97 Å². The van der Waals surface area contributed by atoms with Gasteiger partial charge in [0.15, 0.2) is 27.3 Å². The van der Waals surface area contributed by atoms with Crippen LogP contribution >= 0.6 is 35.0 Å². The smallest absolute Gasteiger partial charge is 0.341 e. The van der Waals surface area contributed by atoms with Crippen LogP contribution in [0.3, 0.4) is 0 Å². The number of esters is 1. The van der Waals surface area contributed by atoms with Crippen molar-refractivity contribution in [3.8, 4) is 0 Å². The number of rotatable bonds is 9. The largest absolute Gasteiger partial charge is 0.454 e. The van der Waals surface area contributed by atoms with E-state index in [2.05, 4.69) is 0 Å². The summed E-state index contributed by atoms with van der Waals surface area (Å²) < 4.78 is 30.4. The number of thioether (sulfide) groups is 1. The summed E-state index contributed by atoms with van der Waals surface area (Å²) in [6.07, 6.45) is 0. The molecule has 10 heteroatoms. The van der Waals surface area contributed by atoms with E-state index in [4.69, 9.17) is 27.9 Å². The molecule has 2 aromatic carbocycles. The molecule has 0 bridgehead atoms. The lowest BCUT2D eigenvalue weighted by atomic mass is 10.1. The molecule has 2 aromatic rings. The Morgan fingerprint density at radius 2 is 1.68 bits per heavy atom. The molecule has 0 aliphatic rings. The number of carbonyl (C=O) groups excluding carboxylic acids is 3. The van der Waals surface area contributed by atoms with Gasteiger partial charge in [-0.05, 0) is 29.8 Å². The van der Waals surface area contributed by atoms with E-state index in [9.17, 15) is 22.8 Å². The highest BCUT2D eigenvalue weighted by molar-refractivity contribution is 8.12. The molecule has 0 saturated heterocycles. The summed E-state index contributed by atoms with van der Waals surface area (Å²) in [4.78, 5) is 35.7. The molecular weight excluding hydrogens is 483 g/mol. The van der Waals surface area contributed by atoms with Crippen LogP contribution < -0.4 is 0 Å². The zero-order chi connectivity index (χ0) is 23.2. The molecule has 0 saturated carbocycles. The molecule has 6 nitrogen and oxygen atoms in total. The third kappa shape index (κ3) is 7.35. The van der Waals surface area contributed by atoms with Gasteiger partial charge in [-0.2, -0.15) is 0 Å². The Kier molecular flexibility index (Phi) is 9.12. The third-order valence-corrected chi connectivity index (χ3v) is 7.66. The highest BCUT2D eigenvalue weighted by Gasteiger charge is 2.25. The number of halogens is 2. The fraction of sp³-hybridized carbons (Fsp3) is 0.286. The Hall–Kier alpha value is -1.87. The van der Waals surface area contributed by atoms with Gasteiger partial charge in [0.2, 0.25) is 0 Å². The molecule has 0 radical (unpaired) electrons. The second kappa shape index (κ2) is 11.1. The Labute approximate surface area is 195 Å². The summed E-state index contributed by atoms with van der Waals surface area (Å²) in [5.41, 5.74) is 0.630. The van der Waals surface area contributed by atoms with Crippen molar-refractivity contribution in [1.29, 1.82) is 0 Å². The molecule has 0 aromatic heterocycles. The summed E-state index contributed by atoms with van der Waals surface area (Å²) >= 11 is 13.0. The maximum atomic E-state index is 12.7. The normalized spacial score (nSPS) is 12.3.